The van der Waals surface area contributed by atoms with Gasteiger partial charge in [-0.2, -0.15) is 5.10 Å². The monoisotopic (exact) mass is 275 g/mol. The molecule has 4 heteroatoms. The second kappa shape index (κ2) is 6.66. The molecule has 0 saturated carbocycles. The summed E-state index contributed by atoms with van der Waals surface area (Å²) >= 11 is 0. The molecule has 0 aliphatic heterocycles. The summed E-state index contributed by atoms with van der Waals surface area (Å²) < 4.78 is 15.4. The Morgan fingerprint density at radius 2 is 2.10 bits per heavy atom. The van der Waals surface area contributed by atoms with Gasteiger partial charge in [-0.05, 0) is 37.1 Å². The van der Waals surface area contributed by atoms with E-state index in [0.29, 0.717) is 5.56 Å². The van der Waals surface area contributed by atoms with Crippen LogP contribution in [-0.4, -0.2) is 16.3 Å². The Bertz CT molecular complexity index is 563. The Labute approximate surface area is 119 Å². The number of nitrogens with zero attached hydrogens (tertiary/aromatic N) is 2. The zero-order valence-corrected chi connectivity index (χ0v) is 12.4. The lowest BCUT2D eigenvalue weighted by molar-refractivity contribution is 0.595. The molecule has 0 bridgehead atoms. The normalized spacial score (nSPS) is 12.6. The fraction of sp³-hybridized carbons (Fsp3) is 0.438. The number of aryl methyl sites for hydroxylation is 2. The van der Waals surface area contributed by atoms with E-state index in [1.165, 1.54) is 6.07 Å². The zero-order valence-electron chi connectivity index (χ0n) is 12.4. The highest BCUT2D eigenvalue weighted by Crippen LogP contribution is 2.23. The van der Waals surface area contributed by atoms with Crippen molar-refractivity contribution in [2.45, 2.75) is 39.8 Å². The highest BCUT2D eigenvalue weighted by Gasteiger charge is 2.15. The predicted molar refractivity (Wildman–Crippen MR) is 79.2 cm³/mol. The fourth-order valence-corrected chi connectivity index (χ4v) is 2.36. The van der Waals surface area contributed by atoms with Crippen LogP contribution in [0.1, 0.15) is 43.0 Å². The van der Waals surface area contributed by atoms with Gasteiger partial charge in [-0.15, -0.1) is 0 Å². The number of benzene rings is 1. The molecule has 2 aromatic rings. The molecule has 2 rings (SSSR count). The Kier molecular flexibility index (Phi) is 4.90. The van der Waals surface area contributed by atoms with E-state index < -0.39 is 0 Å². The summed E-state index contributed by atoms with van der Waals surface area (Å²) in [5.41, 5.74) is 2.86. The van der Waals surface area contributed by atoms with Gasteiger partial charge in [-0.3, -0.25) is 4.68 Å². The van der Waals surface area contributed by atoms with Gasteiger partial charge in [0.2, 0.25) is 0 Å². The predicted octanol–water partition coefficient (Wildman–Crippen LogP) is 3.44. The first kappa shape index (κ1) is 14.7. The van der Waals surface area contributed by atoms with Crippen molar-refractivity contribution in [2.75, 3.05) is 6.54 Å². The van der Waals surface area contributed by atoms with Crippen LogP contribution >= 0.6 is 0 Å². The maximum absolute atomic E-state index is 13.4. The van der Waals surface area contributed by atoms with Crippen molar-refractivity contribution in [2.24, 2.45) is 0 Å². The van der Waals surface area contributed by atoms with Crippen LogP contribution in [0.25, 0.3) is 0 Å². The minimum atomic E-state index is -0.161. The Morgan fingerprint density at radius 1 is 1.30 bits per heavy atom. The van der Waals surface area contributed by atoms with Gasteiger partial charge in [0, 0.05) is 18.3 Å². The van der Waals surface area contributed by atoms with Crippen LogP contribution in [0.2, 0.25) is 0 Å². The van der Waals surface area contributed by atoms with E-state index in [1.807, 2.05) is 23.0 Å². The van der Waals surface area contributed by atoms with Gasteiger partial charge in [0.15, 0.2) is 0 Å². The van der Waals surface area contributed by atoms with Crippen molar-refractivity contribution in [1.82, 2.24) is 15.1 Å². The summed E-state index contributed by atoms with van der Waals surface area (Å²) in [4.78, 5) is 0. The lowest BCUT2D eigenvalue weighted by Gasteiger charge is -2.17. The van der Waals surface area contributed by atoms with Crippen LogP contribution in [0, 0.1) is 12.7 Å². The van der Waals surface area contributed by atoms with Crippen molar-refractivity contribution in [3.63, 3.8) is 0 Å². The molecule has 0 aliphatic carbocycles. The van der Waals surface area contributed by atoms with Gasteiger partial charge in [0.1, 0.15) is 5.82 Å². The van der Waals surface area contributed by atoms with Gasteiger partial charge in [-0.25, -0.2) is 4.39 Å². The van der Waals surface area contributed by atoms with Crippen molar-refractivity contribution < 1.29 is 4.39 Å². The van der Waals surface area contributed by atoms with Crippen molar-refractivity contribution in [1.29, 1.82) is 0 Å². The molecule has 0 aliphatic rings. The summed E-state index contributed by atoms with van der Waals surface area (Å²) in [5.74, 6) is -0.161. The molecule has 0 amide bonds. The van der Waals surface area contributed by atoms with Crippen LogP contribution in [0.5, 0.6) is 0 Å². The molecule has 20 heavy (non-hydrogen) atoms. The highest BCUT2D eigenvalue weighted by molar-refractivity contribution is 5.32. The standard InChI is InChI=1S/C16H22FN3/c1-4-8-20-11-14(10-19-20)16(18-5-2)13-6-7-15(17)12(3)9-13/h6-7,9-11,16,18H,4-5,8H2,1-3H3. The number of nitrogens with one attached hydrogen (secondary N) is 1. The molecule has 1 aromatic carbocycles. The summed E-state index contributed by atoms with van der Waals surface area (Å²) in [7, 11) is 0. The lowest BCUT2D eigenvalue weighted by Crippen LogP contribution is -2.21. The molecule has 0 radical (unpaired) electrons. The van der Waals surface area contributed by atoms with Gasteiger partial charge in [0.05, 0.1) is 12.2 Å². The largest absolute Gasteiger partial charge is 0.306 e. The van der Waals surface area contributed by atoms with Crippen LogP contribution in [0.15, 0.2) is 30.6 Å². The minimum absolute atomic E-state index is 0.0601. The first-order chi connectivity index (χ1) is 9.65. The first-order valence-corrected chi connectivity index (χ1v) is 7.17. The molecular weight excluding hydrogens is 253 g/mol. The molecule has 1 N–H and O–H groups in total. The third-order valence-corrected chi connectivity index (χ3v) is 3.36. The van der Waals surface area contributed by atoms with E-state index in [-0.39, 0.29) is 11.9 Å². The van der Waals surface area contributed by atoms with E-state index in [9.17, 15) is 4.39 Å². The maximum atomic E-state index is 13.4. The zero-order chi connectivity index (χ0) is 14.5. The van der Waals surface area contributed by atoms with E-state index in [0.717, 1.165) is 30.6 Å². The molecule has 0 spiro atoms. The SMILES string of the molecule is CCCn1cc(C(NCC)c2ccc(F)c(C)c2)cn1. The van der Waals surface area contributed by atoms with E-state index in [1.54, 1.807) is 6.92 Å². The molecule has 0 fully saturated rings. The average molecular weight is 275 g/mol. The van der Waals surface area contributed by atoms with Crippen LogP contribution in [0.4, 0.5) is 4.39 Å². The quantitative estimate of drug-likeness (QED) is 0.875. The molecular formula is C16H22FN3. The third-order valence-electron chi connectivity index (χ3n) is 3.36. The summed E-state index contributed by atoms with van der Waals surface area (Å²) in [6.07, 6.45) is 5.01. The van der Waals surface area contributed by atoms with Crippen molar-refractivity contribution in [3.8, 4) is 0 Å². The van der Waals surface area contributed by atoms with E-state index in [2.05, 4.69) is 30.5 Å². The Hall–Kier alpha value is -1.68. The number of hydrogen-bond acceptors (Lipinski definition) is 2. The minimum Gasteiger partial charge on any atom is -0.306 e. The molecule has 3 nitrogen and oxygen atoms in total. The van der Waals surface area contributed by atoms with Crippen LogP contribution in [-0.2, 0) is 6.54 Å². The number of halogens is 1. The highest BCUT2D eigenvalue weighted by atomic mass is 19.1. The Balaban J connectivity index is 2.31. The molecule has 108 valence electrons. The lowest BCUT2D eigenvalue weighted by atomic mass is 9.99. The average Bonchev–Trinajstić information content (AvgIpc) is 2.88. The van der Waals surface area contributed by atoms with E-state index in [4.69, 9.17) is 0 Å². The van der Waals surface area contributed by atoms with Crippen LogP contribution in [0.3, 0.4) is 0 Å². The second-order valence-electron chi connectivity index (χ2n) is 5.04. The van der Waals surface area contributed by atoms with Gasteiger partial charge in [0.25, 0.3) is 0 Å². The number of rotatable bonds is 6. The molecule has 1 unspecified atom stereocenters. The summed E-state index contributed by atoms with van der Waals surface area (Å²) in [6, 6.07) is 5.34. The van der Waals surface area contributed by atoms with Gasteiger partial charge < -0.3 is 5.32 Å². The molecule has 1 atom stereocenters. The van der Waals surface area contributed by atoms with Crippen molar-refractivity contribution in [3.05, 3.63) is 53.1 Å². The topological polar surface area (TPSA) is 29.9 Å². The van der Waals surface area contributed by atoms with Crippen molar-refractivity contribution >= 4 is 0 Å². The Morgan fingerprint density at radius 3 is 2.75 bits per heavy atom. The summed E-state index contributed by atoms with van der Waals surface area (Å²) in [6.45, 7) is 7.76. The molecule has 1 aromatic heterocycles. The maximum Gasteiger partial charge on any atom is 0.126 e. The third kappa shape index (κ3) is 3.25. The van der Waals surface area contributed by atoms with E-state index >= 15 is 0 Å². The van der Waals surface area contributed by atoms with Gasteiger partial charge >= 0.3 is 0 Å². The smallest absolute Gasteiger partial charge is 0.126 e. The summed E-state index contributed by atoms with van der Waals surface area (Å²) in [5, 5.41) is 7.82. The van der Waals surface area contributed by atoms with Crippen LogP contribution < -0.4 is 5.32 Å². The second-order valence-corrected chi connectivity index (χ2v) is 5.04. The number of hydrogen-bond donors (Lipinski definition) is 1. The number of aromatic nitrogens is 2. The van der Waals surface area contributed by atoms with Gasteiger partial charge in [-0.1, -0.05) is 26.0 Å². The first-order valence-electron chi connectivity index (χ1n) is 7.17. The molecule has 0 saturated heterocycles. The molecule has 1 heterocycles. The fourth-order valence-electron chi connectivity index (χ4n) is 2.36.